The molecule has 1 aromatic carbocycles. The van der Waals surface area contributed by atoms with Crippen LogP contribution in [0.5, 0.6) is 5.75 Å². The van der Waals surface area contributed by atoms with Gasteiger partial charge in [0.05, 0.1) is 23.9 Å². The van der Waals surface area contributed by atoms with Crippen molar-refractivity contribution in [2.45, 2.75) is 6.18 Å². The molecule has 0 aliphatic rings. The molecule has 0 aliphatic carbocycles. The Bertz CT molecular complexity index is 774. The number of methoxy groups -OCH3 is 1. The van der Waals surface area contributed by atoms with Crippen molar-refractivity contribution in [2.75, 3.05) is 7.11 Å². The normalized spacial score (nSPS) is 11.9. The van der Waals surface area contributed by atoms with Crippen LogP contribution < -0.4 is 4.74 Å². The van der Waals surface area contributed by atoms with Gasteiger partial charge in [-0.15, -0.1) is 0 Å². The van der Waals surface area contributed by atoms with E-state index in [1.165, 1.54) is 25.3 Å². The van der Waals surface area contributed by atoms with Gasteiger partial charge in [0.1, 0.15) is 6.07 Å². The van der Waals surface area contributed by atoms with E-state index in [2.05, 4.69) is 4.98 Å². The molecule has 0 aliphatic heterocycles. The Hall–Kier alpha value is -2.88. The number of hydrogen-bond acceptors (Lipinski definition) is 3. The molecule has 0 bridgehead atoms. The summed E-state index contributed by atoms with van der Waals surface area (Å²) in [6.07, 6.45) is -2.52. The van der Waals surface area contributed by atoms with Crippen molar-refractivity contribution in [3.8, 4) is 11.8 Å². The summed E-state index contributed by atoms with van der Waals surface area (Å²) >= 11 is 0. The van der Waals surface area contributed by atoms with E-state index in [-0.39, 0.29) is 17.0 Å². The van der Waals surface area contributed by atoms with Gasteiger partial charge in [-0.05, 0) is 35.9 Å². The molecule has 2 rings (SSSR count). The van der Waals surface area contributed by atoms with Crippen LogP contribution in [0.2, 0.25) is 0 Å². The van der Waals surface area contributed by atoms with E-state index in [0.29, 0.717) is 11.8 Å². The highest BCUT2D eigenvalue weighted by Gasteiger charge is 2.30. The summed E-state index contributed by atoms with van der Waals surface area (Å²) in [6.45, 7) is 0. The summed E-state index contributed by atoms with van der Waals surface area (Å²) in [7, 11) is 1.32. The summed E-state index contributed by atoms with van der Waals surface area (Å²) in [6, 6.07) is 7.82. The predicted octanol–water partition coefficient (Wildman–Crippen LogP) is 4.31. The molecule has 0 atom stereocenters. The molecule has 2 aromatic rings. The van der Waals surface area contributed by atoms with Crippen molar-refractivity contribution in [1.29, 1.82) is 5.26 Å². The number of benzene rings is 1. The summed E-state index contributed by atoms with van der Waals surface area (Å²) in [4.78, 5) is 3.64. The van der Waals surface area contributed by atoms with Gasteiger partial charge < -0.3 is 4.74 Å². The third-order valence-corrected chi connectivity index (χ3v) is 2.97. The first-order valence-corrected chi connectivity index (χ1v) is 6.34. The van der Waals surface area contributed by atoms with Crippen LogP contribution in [0.3, 0.4) is 0 Å². The van der Waals surface area contributed by atoms with Gasteiger partial charge in [-0.1, -0.05) is 6.07 Å². The zero-order valence-electron chi connectivity index (χ0n) is 11.9. The van der Waals surface area contributed by atoms with Crippen molar-refractivity contribution in [3.05, 3.63) is 59.2 Å². The maximum Gasteiger partial charge on any atom is 0.417 e. The average Bonchev–Trinajstić information content (AvgIpc) is 2.52. The van der Waals surface area contributed by atoms with E-state index >= 15 is 0 Å². The first kappa shape index (κ1) is 16.5. The van der Waals surface area contributed by atoms with Crippen LogP contribution in [0.4, 0.5) is 17.6 Å². The van der Waals surface area contributed by atoms with E-state index in [9.17, 15) is 17.6 Å². The van der Waals surface area contributed by atoms with E-state index in [4.69, 9.17) is 10.00 Å². The maximum absolute atomic E-state index is 13.6. The van der Waals surface area contributed by atoms with Crippen molar-refractivity contribution < 1.29 is 22.3 Å². The molecule has 1 aromatic heterocycles. The smallest absolute Gasteiger partial charge is 0.417 e. The van der Waals surface area contributed by atoms with Gasteiger partial charge in [0.25, 0.3) is 0 Å². The molecule has 23 heavy (non-hydrogen) atoms. The van der Waals surface area contributed by atoms with Crippen LogP contribution >= 0.6 is 0 Å². The minimum atomic E-state index is -4.50. The topological polar surface area (TPSA) is 45.9 Å². The first-order chi connectivity index (χ1) is 10.8. The summed E-state index contributed by atoms with van der Waals surface area (Å²) in [5.41, 5.74) is -0.462. The second-order valence-electron chi connectivity index (χ2n) is 4.49. The molecule has 0 N–H and O–H groups in total. The fourth-order valence-corrected chi connectivity index (χ4v) is 1.82. The van der Waals surface area contributed by atoms with Crippen LogP contribution in [0.25, 0.3) is 11.6 Å². The number of rotatable bonds is 3. The van der Waals surface area contributed by atoms with E-state index in [1.807, 2.05) is 6.07 Å². The fourth-order valence-electron chi connectivity index (χ4n) is 1.82. The van der Waals surface area contributed by atoms with Crippen LogP contribution in [0, 0.1) is 17.1 Å². The lowest BCUT2D eigenvalue weighted by molar-refractivity contribution is -0.137. The molecule has 0 saturated heterocycles. The molecule has 3 nitrogen and oxygen atoms in total. The zero-order chi connectivity index (χ0) is 17.0. The third kappa shape index (κ3) is 3.86. The van der Waals surface area contributed by atoms with Crippen molar-refractivity contribution >= 4 is 11.6 Å². The summed E-state index contributed by atoms with van der Waals surface area (Å²) < 4.78 is 55.9. The van der Waals surface area contributed by atoms with Crippen LogP contribution in [0.15, 0.2) is 36.5 Å². The molecule has 0 amide bonds. The number of allylic oxidation sites excluding steroid dienone is 1. The quantitative estimate of drug-likeness (QED) is 0.625. The molecule has 0 fully saturated rings. The number of halogens is 4. The van der Waals surface area contributed by atoms with E-state index < -0.39 is 17.6 Å². The SMILES string of the molecule is COc1ccc(/C=C(\C#N)c2ccc(C(F)(F)F)cn2)cc1F. The lowest BCUT2D eigenvalue weighted by Gasteiger charge is -2.06. The van der Waals surface area contributed by atoms with Gasteiger partial charge in [0.15, 0.2) is 11.6 Å². The molecule has 0 saturated carbocycles. The second-order valence-corrected chi connectivity index (χ2v) is 4.49. The fraction of sp³-hybridized carbons (Fsp3) is 0.125. The molecular weight excluding hydrogens is 312 g/mol. The zero-order valence-corrected chi connectivity index (χ0v) is 11.9. The van der Waals surface area contributed by atoms with Gasteiger partial charge in [-0.25, -0.2) is 4.39 Å². The number of alkyl halides is 3. The molecule has 7 heteroatoms. The van der Waals surface area contributed by atoms with Crippen molar-refractivity contribution in [3.63, 3.8) is 0 Å². The molecule has 0 unspecified atom stereocenters. The Labute approximate surface area is 129 Å². The Morgan fingerprint density at radius 3 is 2.48 bits per heavy atom. The number of nitriles is 1. The highest BCUT2D eigenvalue weighted by Crippen LogP contribution is 2.29. The Morgan fingerprint density at radius 2 is 2.00 bits per heavy atom. The monoisotopic (exact) mass is 322 g/mol. The highest BCUT2D eigenvalue weighted by atomic mass is 19.4. The Kier molecular flexibility index (Phi) is 4.65. The third-order valence-electron chi connectivity index (χ3n) is 2.97. The maximum atomic E-state index is 13.6. The number of nitrogens with zero attached hydrogens (tertiary/aromatic N) is 2. The number of pyridine rings is 1. The minimum Gasteiger partial charge on any atom is -0.494 e. The van der Waals surface area contributed by atoms with Gasteiger partial charge in [0.2, 0.25) is 0 Å². The van der Waals surface area contributed by atoms with Crippen molar-refractivity contribution in [2.24, 2.45) is 0 Å². The second kappa shape index (κ2) is 6.48. The number of aromatic nitrogens is 1. The molecular formula is C16H10F4N2O. The Morgan fingerprint density at radius 1 is 1.26 bits per heavy atom. The molecule has 1 heterocycles. The van der Waals surface area contributed by atoms with E-state index in [0.717, 1.165) is 18.2 Å². The lowest BCUT2D eigenvalue weighted by Crippen LogP contribution is -2.05. The number of hydrogen-bond donors (Lipinski definition) is 0. The van der Waals surface area contributed by atoms with Crippen LogP contribution in [-0.4, -0.2) is 12.1 Å². The summed E-state index contributed by atoms with van der Waals surface area (Å²) in [5, 5.41) is 9.14. The largest absolute Gasteiger partial charge is 0.494 e. The average molecular weight is 322 g/mol. The van der Waals surface area contributed by atoms with Gasteiger partial charge in [0, 0.05) is 6.20 Å². The van der Waals surface area contributed by atoms with Crippen LogP contribution in [0.1, 0.15) is 16.8 Å². The highest BCUT2D eigenvalue weighted by molar-refractivity contribution is 5.88. The first-order valence-electron chi connectivity index (χ1n) is 6.34. The van der Waals surface area contributed by atoms with Gasteiger partial charge in [-0.2, -0.15) is 18.4 Å². The lowest BCUT2D eigenvalue weighted by atomic mass is 10.1. The molecule has 0 spiro atoms. The minimum absolute atomic E-state index is 0.0169. The summed E-state index contributed by atoms with van der Waals surface area (Å²) in [5.74, 6) is -0.563. The number of ether oxygens (including phenoxy) is 1. The standard InChI is InChI=1S/C16H10F4N2O/c1-23-15-5-2-10(7-13(15)17)6-11(8-21)14-4-3-12(9-22-14)16(18,19)20/h2-7,9H,1H3/b11-6+. The van der Waals surface area contributed by atoms with Crippen LogP contribution in [-0.2, 0) is 6.18 Å². The van der Waals surface area contributed by atoms with E-state index in [1.54, 1.807) is 0 Å². The van der Waals surface area contributed by atoms with Gasteiger partial charge in [-0.3, -0.25) is 4.98 Å². The molecule has 0 radical (unpaired) electrons. The van der Waals surface area contributed by atoms with Crippen molar-refractivity contribution in [1.82, 2.24) is 4.98 Å². The molecule has 118 valence electrons. The Balaban J connectivity index is 2.36. The predicted molar refractivity (Wildman–Crippen MR) is 75.7 cm³/mol. The van der Waals surface area contributed by atoms with Gasteiger partial charge >= 0.3 is 6.18 Å².